The molecule has 0 saturated heterocycles. The molecule has 5 N–H and O–H groups in total. The molecule has 0 fully saturated rings. The summed E-state index contributed by atoms with van der Waals surface area (Å²) in [6, 6.07) is -2.47. The van der Waals surface area contributed by atoms with Crippen LogP contribution in [0.5, 0.6) is 0 Å². The van der Waals surface area contributed by atoms with Gasteiger partial charge in [-0.15, -0.1) is 0 Å². The maximum Gasteiger partial charge on any atom is 0.327 e. The molecule has 0 heterocycles. The van der Waals surface area contributed by atoms with Crippen LogP contribution in [0, 0.1) is 0 Å². The highest BCUT2D eigenvalue weighted by Crippen LogP contribution is 1.98. The fraction of sp³-hybridized carbons (Fsp3) is 0.545. The summed E-state index contributed by atoms with van der Waals surface area (Å²) in [5.41, 5.74) is 5.22. The van der Waals surface area contributed by atoms with Crippen LogP contribution >= 0.6 is 0 Å². The number of nitrogens with two attached hydrogens (primary N) is 1. The second kappa shape index (κ2) is 9.21. The molecule has 0 radical (unpaired) electrons. The predicted molar refractivity (Wildman–Crippen MR) is 72.2 cm³/mol. The molecule has 0 unspecified atom stereocenters. The summed E-state index contributed by atoms with van der Waals surface area (Å²) in [6.45, 7) is 1.64. The number of carbonyl (C=O) groups excluding carboxylic acids is 1. The zero-order valence-electron chi connectivity index (χ0n) is 10.9. The molecule has 3 atom stereocenters. The number of aliphatic carboxylic acids is 2. The van der Waals surface area contributed by atoms with Crippen LogP contribution in [0.1, 0.15) is 19.8 Å². The minimum atomic E-state index is -1.50. The number of carbonyl (C=O) groups is 3. The second-order valence-electron chi connectivity index (χ2n) is 3.96. The number of allylic oxidation sites excluding steroid dienone is 1. The molecule has 114 valence electrons. The monoisotopic (exact) mass is 306 g/mol. The highest BCUT2D eigenvalue weighted by atomic mass is 32.2. The summed E-state index contributed by atoms with van der Waals surface area (Å²) < 4.78 is 11.4. The van der Waals surface area contributed by atoms with Gasteiger partial charge in [0.2, 0.25) is 5.91 Å². The fourth-order valence-electron chi connectivity index (χ4n) is 1.22. The van der Waals surface area contributed by atoms with Gasteiger partial charge >= 0.3 is 11.9 Å². The van der Waals surface area contributed by atoms with E-state index >= 15 is 0 Å². The summed E-state index contributed by atoms with van der Waals surface area (Å²) in [6.07, 6.45) is 1.20. The summed E-state index contributed by atoms with van der Waals surface area (Å²) in [5, 5.41) is 21.0. The molecule has 0 aromatic carbocycles. The zero-order valence-corrected chi connectivity index (χ0v) is 11.8. The van der Waals surface area contributed by atoms with Crippen LogP contribution in [0.2, 0.25) is 0 Å². The van der Waals surface area contributed by atoms with E-state index in [2.05, 4.69) is 5.32 Å². The molecule has 0 aliphatic heterocycles. The van der Waals surface area contributed by atoms with Crippen molar-refractivity contribution in [3.63, 3.8) is 0 Å². The first kappa shape index (κ1) is 18.3. The third-order valence-electron chi connectivity index (χ3n) is 2.25. The maximum absolute atomic E-state index is 11.5. The molecule has 0 aromatic rings. The van der Waals surface area contributed by atoms with Crippen LogP contribution in [-0.2, 0) is 25.2 Å². The minimum Gasteiger partial charge on any atom is -0.480 e. The lowest BCUT2D eigenvalue weighted by Crippen LogP contribution is -2.44. The topological polar surface area (TPSA) is 147 Å². The van der Waals surface area contributed by atoms with Crippen molar-refractivity contribution in [3.05, 3.63) is 11.5 Å². The average Bonchev–Trinajstić information content (AvgIpc) is 2.35. The summed E-state index contributed by atoms with van der Waals surface area (Å²) in [7, 11) is -1.50. The van der Waals surface area contributed by atoms with E-state index < -0.39 is 40.7 Å². The van der Waals surface area contributed by atoms with Crippen LogP contribution in [0.3, 0.4) is 0 Å². The predicted octanol–water partition coefficient (Wildman–Crippen LogP) is -0.970. The molecule has 0 spiro atoms. The molecule has 0 saturated carbocycles. The van der Waals surface area contributed by atoms with Gasteiger partial charge in [0.1, 0.15) is 12.1 Å². The molecular weight excluding hydrogens is 288 g/mol. The van der Waals surface area contributed by atoms with Crippen LogP contribution in [0.15, 0.2) is 11.5 Å². The first-order valence-electron chi connectivity index (χ1n) is 5.78. The van der Waals surface area contributed by atoms with Gasteiger partial charge in [-0.1, -0.05) is 6.08 Å². The van der Waals surface area contributed by atoms with Crippen LogP contribution in [0.4, 0.5) is 0 Å². The zero-order chi connectivity index (χ0) is 15.7. The highest BCUT2D eigenvalue weighted by molar-refractivity contribution is 7.88. The van der Waals surface area contributed by atoms with Gasteiger partial charge < -0.3 is 21.3 Å². The highest BCUT2D eigenvalue weighted by Gasteiger charge is 2.22. The maximum atomic E-state index is 11.5. The van der Waals surface area contributed by atoms with Crippen LogP contribution in [0.25, 0.3) is 0 Å². The second-order valence-corrected chi connectivity index (χ2v) is 5.33. The standard InChI is InChI=1S/C11H18N2O6S/c1-2-5-20(19)6-8(11(17)18)13-9(14)4-3-7(12)10(15)16/h2,5,7-8H,3-4,6,12H2,1H3,(H,13,14)(H,15,16)(H,17,18)/b5-2+/t7-,8-,20-/m0/s1. The van der Waals surface area contributed by atoms with Crippen LogP contribution < -0.4 is 11.1 Å². The molecule has 1 amide bonds. The van der Waals surface area contributed by atoms with Crippen molar-refractivity contribution >= 4 is 28.6 Å². The molecule has 0 bridgehead atoms. The van der Waals surface area contributed by atoms with E-state index in [4.69, 9.17) is 15.9 Å². The summed E-state index contributed by atoms with van der Waals surface area (Å²) in [4.78, 5) is 32.9. The van der Waals surface area contributed by atoms with Crippen molar-refractivity contribution in [1.82, 2.24) is 5.32 Å². The summed E-state index contributed by atoms with van der Waals surface area (Å²) >= 11 is 0. The van der Waals surface area contributed by atoms with Gasteiger partial charge in [0, 0.05) is 17.2 Å². The molecule has 8 nitrogen and oxygen atoms in total. The number of hydrogen-bond acceptors (Lipinski definition) is 5. The lowest BCUT2D eigenvalue weighted by atomic mass is 10.1. The number of amides is 1. The van der Waals surface area contributed by atoms with Gasteiger partial charge in [0.25, 0.3) is 0 Å². The van der Waals surface area contributed by atoms with E-state index in [0.717, 1.165) is 0 Å². The van der Waals surface area contributed by atoms with Crippen molar-refractivity contribution in [2.45, 2.75) is 31.8 Å². The molecule has 9 heteroatoms. The van der Waals surface area contributed by atoms with Crippen molar-refractivity contribution in [3.8, 4) is 0 Å². The molecule has 0 aliphatic carbocycles. The quantitative estimate of drug-likeness (QED) is 0.428. The van der Waals surface area contributed by atoms with Gasteiger partial charge in [-0.25, -0.2) is 4.79 Å². The third-order valence-corrected chi connectivity index (χ3v) is 3.49. The molecule has 0 aliphatic rings. The molecule has 20 heavy (non-hydrogen) atoms. The Morgan fingerprint density at radius 3 is 2.35 bits per heavy atom. The Labute approximate surface area is 118 Å². The van der Waals surface area contributed by atoms with Gasteiger partial charge in [-0.2, -0.15) is 0 Å². The normalized spacial score (nSPS) is 15.5. The minimum absolute atomic E-state index is 0.106. The largest absolute Gasteiger partial charge is 0.480 e. The molecule has 0 rings (SSSR count). The van der Waals surface area contributed by atoms with Gasteiger partial charge in [0.05, 0.1) is 5.75 Å². The lowest BCUT2D eigenvalue weighted by molar-refractivity contribution is -0.141. The Hall–Kier alpha value is -1.74. The fourth-order valence-corrected chi connectivity index (χ4v) is 2.19. The van der Waals surface area contributed by atoms with Gasteiger partial charge in [-0.05, 0) is 18.8 Å². The Bertz CT molecular complexity index is 423. The van der Waals surface area contributed by atoms with Crippen molar-refractivity contribution < 1.29 is 28.8 Å². The smallest absolute Gasteiger partial charge is 0.327 e. The average molecular weight is 306 g/mol. The van der Waals surface area contributed by atoms with E-state index in [1.165, 1.54) is 11.5 Å². The first-order valence-corrected chi connectivity index (χ1v) is 7.16. The third kappa shape index (κ3) is 7.64. The van der Waals surface area contributed by atoms with Gasteiger partial charge in [-0.3, -0.25) is 13.8 Å². The number of nitrogens with one attached hydrogen (secondary N) is 1. The molecular formula is C11H18N2O6S. The number of rotatable bonds is 9. The van der Waals surface area contributed by atoms with E-state index in [1.807, 2.05) is 0 Å². The Balaban J connectivity index is 4.38. The van der Waals surface area contributed by atoms with Crippen molar-refractivity contribution in [2.24, 2.45) is 5.73 Å². The van der Waals surface area contributed by atoms with Gasteiger partial charge in [0.15, 0.2) is 0 Å². The lowest BCUT2D eigenvalue weighted by Gasteiger charge is -2.13. The van der Waals surface area contributed by atoms with Crippen molar-refractivity contribution in [2.75, 3.05) is 5.75 Å². The van der Waals surface area contributed by atoms with E-state index in [-0.39, 0.29) is 18.6 Å². The SMILES string of the molecule is C/C=C/[S@](=O)C[C@H](NC(=O)CC[C@H](N)C(=O)O)C(=O)O. The number of carboxylic acid groups (broad SMARTS) is 2. The Morgan fingerprint density at radius 2 is 1.90 bits per heavy atom. The first-order chi connectivity index (χ1) is 9.27. The summed E-state index contributed by atoms with van der Waals surface area (Å²) in [5.74, 6) is -3.44. The Morgan fingerprint density at radius 1 is 1.30 bits per heavy atom. The molecule has 0 aromatic heterocycles. The number of carboxylic acids is 2. The van der Waals surface area contributed by atoms with E-state index in [0.29, 0.717) is 0 Å². The van der Waals surface area contributed by atoms with Crippen molar-refractivity contribution in [1.29, 1.82) is 0 Å². The van der Waals surface area contributed by atoms with Crippen LogP contribution in [-0.4, -0.2) is 50.1 Å². The number of hydrogen-bond donors (Lipinski definition) is 4. The Kier molecular flexibility index (Phi) is 8.41. The van der Waals surface area contributed by atoms with E-state index in [1.54, 1.807) is 6.92 Å². The van der Waals surface area contributed by atoms with E-state index in [9.17, 15) is 18.6 Å².